The summed E-state index contributed by atoms with van der Waals surface area (Å²) in [6.45, 7) is 4.89. The van der Waals surface area contributed by atoms with Crippen molar-refractivity contribution in [1.29, 1.82) is 0 Å². The third-order valence-electron chi connectivity index (χ3n) is 5.59. The molecule has 0 atom stereocenters. The van der Waals surface area contributed by atoms with Crippen LogP contribution in [0.2, 0.25) is 0 Å². The van der Waals surface area contributed by atoms with Crippen molar-refractivity contribution in [2.45, 2.75) is 43.9 Å². The van der Waals surface area contributed by atoms with Crippen molar-refractivity contribution in [1.82, 2.24) is 9.62 Å². The van der Waals surface area contributed by atoms with Crippen LogP contribution in [0.3, 0.4) is 0 Å². The number of hydrogen-bond donors (Lipinski definition) is 1. The lowest BCUT2D eigenvalue weighted by molar-refractivity contribution is -0.126. The highest BCUT2D eigenvalue weighted by Crippen LogP contribution is 2.26. The molecule has 2 aromatic carbocycles. The van der Waals surface area contributed by atoms with Gasteiger partial charge in [0, 0.05) is 38.8 Å². The number of ether oxygens (including phenoxy) is 1. The predicted octanol–water partition coefficient (Wildman–Crippen LogP) is 3.56. The van der Waals surface area contributed by atoms with E-state index in [9.17, 15) is 13.2 Å². The first-order valence-corrected chi connectivity index (χ1v) is 12.3. The van der Waals surface area contributed by atoms with Crippen LogP contribution in [0.5, 0.6) is 0 Å². The monoisotopic (exact) mass is 432 g/mol. The van der Waals surface area contributed by atoms with Crippen LogP contribution >= 0.6 is 0 Å². The van der Waals surface area contributed by atoms with Crippen LogP contribution in [0.25, 0.3) is 10.8 Å². The number of piperidine rings is 1. The number of sulfonamides is 1. The molecule has 1 aliphatic rings. The number of nitrogens with one attached hydrogen (secondary N) is 1. The fraction of sp³-hybridized carbons (Fsp3) is 0.522. The summed E-state index contributed by atoms with van der Waals surface area (Å²) in [7, 11) is -3.55. The van der Waals surface area contributed by atoms with Crippen LogP contribution in [0.15, 0.2) is 47.4 Å². The number of rotatable bonds is 10. The van der Waals surface area contributed by atoms with E-state index >= 15 is 0 Å². The molecule has 7 heteroatoms. The molecule has 1 aliphatic heterocycles. The molecule has 0 saturated carbocycles. The Labute approximate surface area is 179 Å². The summed E-state index contributed by atoms with van der Waals surface area (Å²) in [4.78, 5) is 12.7. The van der Waals surface area contributed by atoms with Gasteiger partial charge >= 0.3 is 0 Å². The number of carbonyl (C=O) groups excluding carboxylic acids is 1. The maximum atomic E-state index is 13.0. The highest BCUT2D eigenvalue weighted by Gasteiger charge is 2.32. The lowest BCUT2D eigenvalue weighted by atomic mass is 9.97. The third-order valence-corrected chi connectivity index (χ3v) is 7.48. The Morgan fingerprint density at radius 3 is 2.50 bits per heavy atom. The highest BCUT2D eigenvalue weighted by molar-refractivity contribution is 7.89. The van der Waals surface area contributed by atoms with Gasteiger partial charge < -0.3 is 10.1 Å². The van der Waals surface area contributed by atoms with Gasteiger partial charge in [-0.25, -0.2) is 8.42 Å². The second-order valence-electron chi connectivity index (χ2n) is 7.80. The van der Waals surface area contributed by atoms with E-state index in [2.05, 4.69) is 12.2 Å². The molecule has 2 aromatic rings. The molecule has 0 bridgehead atoms. The van der Waals surface area contributed by atoms with E-state index in [1.807, 2.05) is 30.3 Å². The zero-order valence-electron chi connectivity index (χ0n) is 17.7. The van der Waals surface area contributed by atoms with Crippen molar-refractivity contribution < 1.29 is 17.9 Å². The number of fused-ring (bicyclic) bond motifs is 1. The Bertz CT molecular complexity index is 937. The highest BCUT2D eigenvalue weighted by atomic mass is 32.2. The summed E-state index contributed by atoms with van der Waals surface area (Å²) in [5.41, 5.74) is 0. The largest absolute Gasteiger partial charge is 0.381 e. The molecule has 0 spiro atoms. The van der Waals surface area contributed by atoms with Crippen molar-refractivity contribution in [3.8, 4) is 0 Å². The molecule has 0 unspecified atom stereocenters. The first-order valence-electron chi connectivity index (χ1n) is 10.9. The fourth-order valence-corrected chi connectivity index (χ4v) is 5.22. The number of nitrogens with zero attached hydrogens (tertiary/aromatic N) is 1. The van der Waals surface area contributed by atoms with E-state index in [1.54, 1.807) is 12.1 Å². The summed E-state index contributed by atoms with van der Waals surface area (Å²) < 4.78 is 33.1. The molecular formula is C23H32N2O4S. The molecule has 3 rings (SSSR count). The lowest BCUT2D eigenvalue weighted by Gasteiger charge is -2.30. The number of benzene rings is 2. The SMILES string of the molecule is CCCCOCCCNC(=O)C1CCN(S(=O)(=O)c2ccc3ccccc3c2)CC1. The van der Waals surface area contributed by atoms with Gasteiger partial charge in [0.2, 0.25) is 15.9 Å². The van der Waals surface area contributed by atoms with E-state index in [-0.39, 0.29) is 11.8 Å². The molecule has 0 radical (unpaired) electrons. The summed E-state index contributed by atoms with van der Waals surface area (Å²) in [6.07, 6.45) is 4.07. The number of hydrogen-bond acceptors (Lipinski definition) is 4. The Balaban J connectivity index is 1.47. The molecule has 1 fully saturated rings. The average molecular weight is 433 g/mol. The van der Waals surface area contributed by atoms with E-state index in [0.29, 0.717) is 44.0 Å². The Morgan fingerprint density at radius 2 is 1.77 bits per heavy atom. The third kappa shape index (κ3) is 5.80. The van der Waals surface area contributed by atoms with Crippen molar-refractivity contribution in [2.75, 3.05) is 32.8 Å². The van der Waals surface area contributed by atoms with E-state index in [4.69, 9.17) is 4.74 Å². The Kier molecular flexibility index (Phi) is 8.24. The van der Waals surface area contributed by atoms with Gasteiger partial charge in [-0.05, 0) is 48.6 Å². The predicted molar refractivity (Wildman–Crippen MR) is 119 cm³/mol. The quantitative estimate of drug-likeness (QED) is 0.583. The summed E-state index contributed by atoms with van der Waals surface area (Å²) >= 11 is 0. The Morgan fingerprint density at radius 1 is 1.07 bits per heavy atom. The van der Waals surface area contributed by atoms with Gasteiger partial charge in [-0.15, -0.1) is 0 Å². The molecular weight excluding hydrogens is 400 g/mol. The topological polar surface area (TPSA) is 75.7 Å². The first kappa shape index (κ1) is 22.7. The van der Waals surface area contributed by atoms with E-state index < -0.39 is 10.0 Å². The van der Waals surface area contributed by atoms with Gasteiger partial charge in [0.1, 0.15) is 0 Å². The van der Waals surface area contributed by atoms with Crippen LogP contribution in [0.4, 0.5) is 0 Å². The van der Waals surface area contributed by atoms with Crippen LogP contribution in [0.1, 0.15) is 39.0 Å². The maximum Gasteiger partial charge on any atom is 0.243 e. The molecule has 6 nitrogen and oxygen atoms in total. The number of amides is 1. The second kappa shape index (κ2) is 10.9. The van der Waals surface area contributed by atoms with Crippen LogP contribution < -0.4 is 5.32 Å². The maximum absolute atomic E-state index is 13.0. The van der Waals surface area contributed by atoms with Gasteiger partial charge in [-0.2, -0.15) is 4.31 Å². The number of unbranched alkanes of at least 4 members (excludes halogenated alkanes) is 1. The van der Waals surface area contributed by atoms with Crippen LogP contribution in [-0.2, 0) is 19.6 Å². The van der Waals surface area contributed by atoms with Crippen molar-refractivity contribution in [3.63, 3.8) is 0 Å². The molecule has 0 aromatic heterocycles. The zero-order chi connectivity index (χ0) is 21.4. The minimum atomic E-state index is -3.55. The van der Waals surface area contributed by atoms with Gasteiger partial charge in [0.25, 0.3) is 0 Å². The van der Waals surface area contributed by atoms with Crippen LogP contribution in [0, 0.1) is 5.92 Å². The molecule has 1 heterocycles. The average Bonchev–Trinajstić information content (AvgIpc) is 2.78. The summed E-state index contributed by atoms with van der Waals surface area (Å²) in [5.74, 6) is -0.111. The normalized spacial score (nSPS) is 16.0. The van der Waals surface area contributed by atoms with Gasteiger partial charge in [-0.3, -0.25) is 4.79 Å². The molecule has 0 aliphatic carbocycles. The summed E-state index contributed by atoms with van der Waals surface area (Å²) in [6, 6.07) is 13.0. The second-order valence-corrected chi connectivity index (χ2v) is 9.74. The van der Waals surface area contributed by atoms with Gasteiger partial charge in [0.05, 0.1) is 4.90 Å². The standard InChI is InChI=1S/C23H32N2O4S/c1-2-3-16-29-17-6-13-24-23(26)20-11-14-25(15-12-20)30(27,28)22-10-9-19-7-4-5-8-21(19)18-22/h4-5,7-10,18,20H,2-3,6,11-17H2,1H3,(H,24,26). The zero-order valence-corrected chi connectivity index (χ0v) is 18.5. The van der Waals surface area contributed by atoms with Crippen LogP contribution in [-0.4, -0.2) is 51.5 Å². The van der Waals surface area contributed by atoms with E-state index in [0.717, 1.165) is 36.6 Å². The molecule has 30 heavy (non-hydrogen) atoms. The minimum absolute atomic E-state index is 0.0197. The first-order chi connectivity index (χ1) is 14.5. The Hall–Kier alpha value is -1.96. The van der Waals surface area contributed by atoms with Gasteiger partial charge in [0.15, 0.2) is 0 Å². The van der Waals surface area contributed by atoms with Crippen molar-refractivity contribution in [2.24, 2.45) is 5.92 Å². The molecule has 1 amide bonds. The minimum Gasteiger partial charge on any atom is -0.381 e. The molecule has 1 N–H and O–H groups in total. The lowest BCUT2D eigenvalue weighted by Crippen LogP contribution is -2.43. The molecule has 1 saturated heterocycles. The summed E-state index contributed by atoms with van der Waals surface area (Å²) in [5, 5.41) is 4.89. The van der Waals surface area contributed by atoms with E-state index in [1.165, 1.54) is 4.31 Å². The molecule has 164 valence electrons. The van der Waals surface area contributed by atoms with Crippen molar-refractivity contribution in [3.05, 3.63) is 42.5 Å². The van der Waals surface area contributed by atoms with Gasteiger partial charge in [-0.1, -0.05) is 43.7 Å². The van der Waals surface area contributed by atoms with Crippen molar-refractivity contribution >= 4 is 26.7 Å². The fourth-order valence-electron chi connectivity index (χ4n) is 3.71. The number of carbonyl (C=O) groups is 1. The smallest absolute Gasteiger partial charge is 0.243 e.